The Bertz CT molecular complexity index is 498. The molecule has 110 valence electrons. The molecule has 2 atom stereocenters. The van der Waals surface area contributed by atoms with Crippen LogP contribution in [0.25, 0.3) is 0 Å². The largest absolute Gasteiger partial charge is 0.481 e. The number of carboxylic acids is 1. The number of aromatic nitrogens is 2. The van der Waals surface area contributed by atoms with Gasteiger partial charge >= 0.3 is 5.97 Å². The first-order chi connectivity index (χ1) is 9.47. The third kappa shape index (κ3) is 3.37. The highest BCUT2D eigenvalue weighted by atomic mass is 16.4. The van der Waals surface area contributed by atoms with Gasteiger partial charge in [-0.3, -0.25) is 14.3 Å². The zero-order valence-corrected chi connectivity index (χ0v) is 12.0. The van der Waals surface area contributed by atoms with Crippen LogP contribution in [0.5, 0.6) is 0 Å². The smallest absolute Gasteiger partial charge is 0.303 e. The second kappa shape index (κ2) is 6.07. The predicted molar refractivity (Wildman–Crippen MR) is 73.3 cm³/mol. The highest BCUT2D eigenvalue weighted by molar-refractivity contribution is 5.93. The number of likely N-dealkylation sites (tertiary alicyclic amines) is 1. The van der Waals surface area contributed by atoms with Crippen LogP contribution in [0, 0.1) is 11.8 Å². The van der Waals surface area contributed by atoms with Gasteiger partial charge in [0.25, 0.3) is 5.91 Å². The van der Waals surface area contributed by atoms with Crippen LogP contribution in [0.3, 0.4) is 0 Å². The van der Waals surface area contributed by atoms with Crippen LogP contribution in [0.4, 0.5) is 0 Å². The van der Waals surface area contributed by atoms with Crippen LogP contribution in [-0.2, 0) is 11.8 Å². The summed E-state index contributed by atoms with van der Waals surface area (Å²) in [5, 5.41) is 12.9. The molecular formula is C14H21N3O3. The molecule has 2 heterocycles. The molecule has 1 amide bonds. The second-order valence-corrected chi connectivity index (χ2v) is 5.63. The molecule has 1 aliphatic heterocycles. The van der Waals surface area contributed by atoms with Crippen LogP contribution < -0.4 is 0 Å². The van der Waals surface area contributed by atoms with Gasteiger partial charge in [-0.25, -0.2) is 0 Å². The number of nitrogens with zero attached hydrogens (tertiary/aromatic N) is 3. The molecule has 0 aromatic carbocycles. The Balaban J connectivity index is 1.99. The number of hydrogen-bond acceptors (Lipinski definition) is 3. The zero-order chi connectivity index (χ0) is 14.7. The van der Waals surface area contributed by atoms with Gasteiger partial charge in [0.15, 0.2) is 0 Å². The first-order valence-corrected chi connectivity index (χ1v) is 6.97. The van der Waals surface area contributed by atoms with E-state index in [0.29, 0.717) is 12.1 Å². The van der Waals surface area contributed by atoms with E-state index in [0.717, 1.165) is 19.4 Å². The van der Waals surface area contributed by atoms with Gasteiger partial charge in [-0.15, -0.1) is 0 Å². The van der Waals surface area contributed by atoms with Crippen molar-refractivity contribution < 1.29 is 14.7 Å². The minimum absolute atomic E-state index is 0.00896. The van der Waals surface area contributed by atoms with Gasteiger partial charge in [0.05, 0.1) is 11.8 Å². The van der Waals surface area contributed by atoms with Gasteiger partial charge in [-0.05, 0) is 24.7 Å². The van der Waals surface area contributed by atoms with Crippen LogP contribution >= 0.6 is 0 Å². The van der Waals surface area contributed by atoms with Crippen molar-refractivity contribution in [1.29, 1.82) is 0 Å². The molecule has 20 heavy (non-hydrogen) atoms. The highest BCUT2D eigenvalue weighted by Gasteiger charge is 2.29. The summed E-state index contributed by atoms with van der Waals surface area (Å²) in [6.07, 6.45) is 5.38. The molecule has 0 bridgehead atoms. The van der Waals surface area contributed by atoms with Crippen LogP contribution in [-0.4, -0.2) is 44.8 Å². The first-order valence-electron chi connectivity index (χ1n) is 6.97. The summed E-state index contributed by atoms with van der Waals surface area (Å²) in [4.78, 5) is 25.0. The van der Waals surface area contributed by atoms with Crippen molar-refractivity contribution in [3.8, 4) is 0 Å². The topological polar surface area (TPSA) is 75.4 Å². The molecule has 1 N–H and O–H groups in total. The normalized spacial score (nSPS) is 20.7. The monoisotopic (exact) mass is 279 g/mol. The molecule has 0 spiro atoms. The van der Waals surface area contributed by atoms with E-state index in [1.54, 1.807) is 24.1 Å². The number of amides is 1. The fourth-order valence-corrected chi connectivity index (χ4v) is 2.82. The number of carbonyl (C=O) groups is 2. The van der Waals surface area contributed by atoms with E-state index in [4.69, 9.17) is 5.11 Å². The molecular weight excluding hydrogens is 258 g/mol. The zero-order valence-electron chi connectivity index (χ0n) is 12.0. The standard InChI is InChI=1S/C14H21N3O3/c1-10(6-13(18)19)11-4-3-5-17(9-11)14(20)12-7-15-16(2)8-12/h7-8,10-11H,3-6,9H2,1-2H3,(H,18,19). The van der Waals surface area contributed by atoms with Crippen molar-refractivity contribution >= 4 is 11.9 Å². The minimum atomic E-state index is -0.770. The lowest BCUT2D eigenvalue weighted by Gasteiger charge is -2.35. The lowest BCUT2D eigenvalue weighted by Crippen LogP contribution is -2.41. The highest BCUT2D eigenvalue weighted by Crippen LogP contribution is 2.26. The van der Waals surface area contributed by atoms with Crippen LogP contribution in [0.2, 0.25) is 0 Å². The lowest BCUT2D eigenvalue weighted by molar-refractivity contribution is -0.138. The third-order valence-corrected chi connectivity index (χ3v) is 4.00. The predicted octanol–water partition coefficient (Wildman–Crippen LogP) is 1.38. The Morgan fingerprint density at radius 3 is 2.90 bits per heavy atom. The van der Waals surface area contributed by atoms with Gasteiger partial charge in [0.2, 0.25) is 0 Å². The molecule has 0 radical (unpaired) electrons. The van der Waals surface area contributed by atoms with Gasteiger partial charge in [0, 0.05) is 32.8 Å². The third-order valence-electron chi connectivity index (χ3n) is 4.00. The SMILES string of the molecule is CC(CC(=O)O)C1CCCN(C(=O)c2cnn(C)c2)C1. The van der Waals surface area contributed by atoms with Crippen molar-refractivity contribution in [1.82, 2.24) is 14.7 Å². The molecule has 2 unspecified atom stereocenters. The molecule has 2 rings (SSSR count). The van der Waals surface area contributed by atoms with Gasteiger partial charge in [-0.1, -0.05) is 6.92 Å². The Kier molecular flexibility index (Phi) is 4.42. The lowest BCUT2D eigenvalue weighted by atomic mass is 9.84. The van der Waals surface area contributed by atoms with Crippen LogP contribution in [0.15, 0.2) is 12.4 Å². The van der Waals surface area contributed by atoms with E-state index < -0.39 is 5.97 Å². The summed E-state index contributed by atoms with van der Waals surface area (Å²) in [7, 11) is 1.78. The number of carbonyl (C=O) groups excluding carboxylic acids is 1. The molecule has 0 saturated carbocycles. The molecule has 1 fully saturated rings. The number of aryl methyl sites for hydroxylation is 1. The summed E-state index contributed by atoms with van der Waals surface area (Å²) in [5.74, 6) is -0.420. The van der Waals surface area contributed by atoms with E-state index in [9.17, 15) is 9.59 Å². The van der Waals surface area contributed by atoms with Crippen molar-refractivity contribution in [3.05, 3.63) is 18.0 Å². The number of carboxylic acid groups (broad SMARTS) is 1. The number of aliphatic carboxylic acids is 1. The van der Waals surface area contributed by atoms with E-state index >= 15 is 0 Å². The molecule has 1 aromatic rings. The Labute approximate surface area is 118 Å². The van der Waals surface area contributed by atoms with Gasteiger partial charge < -0.3 is 10.0 Å². The molecule has 1 aromatic heterocycles. The van der Waals surface area contributed by atoms with Crippen molar-refractivity contribution in [2.45, 2.75) is 26.2 Å². The van der Waals surface area contributed by atoms with Crippen LogP contribution in [0.1, 0.15) is 36.5 Å². The van der Waals surface area contributed by atoms with Gasteiger partial charge in [-0.2, -0.15) is 5.10 Å². The van der Waals surface area contributed by atoms with Crippen molar-refractivity contribution in [2.75, 3.05) is 13.1 Å². The fraction of sp³-hybridized carbons (Fsp3) is 0.643. The van der Waals surface area contributed by atoms with E-state index in [-0.39, 0.29) is 24.2 Å². The average molecular weight is 279 g/mol. The Morgan fingerprint density at radius 1 is 1.55 bits per heavy atom. The summed E-state index contributed by atoms with van der Waals surface area (Å²) in [6, 6.07) is 0. The molecule has 1 saturated heterocycles. The fourth-order valence-electron chi connectivity index (χ4n) is 2.82. The summed E-state index contributed by atoms with van der Waals surface area (Å²) in [5.41, 5.74) is 0.596. The summed E-state index contributed by atoms with van der Waals surface area (Å²) >= 11 is 0. The molecule has 6 nitrogen and oxygen atoms in total. The molecule has 0 aliphatic carbocycles. The van der Waals surface area contributed by atoms with Crippen molar-refractivity contribution in [3.63, 3.8) is 0 Å². The maximum atomic E-state index is 12.4. The maximum absolute atomic E-state index is 12.4. The Morgan fingerprint density at radius 2 is 2.30 bits per heavy atom. The van der Waals surface area contributed by atoms with E-state index in [2.05, 4.69) is 5.10 Å². The number of rotatable bonds is 4. The number of piperidine rings is 1. The summed E-state index contributed by atoms with van der Waals surface area (Å²) < 4.78 is 1.61. The first kappa shape index (κ1) is 14.6. The Hall–Kier alpha value is -1.85. The average Bonchev–Trinajstić information content (AvgIpc) is 2.84. The quantitative estimate of drug-likeness (QED) is 0.903. The molecule has 1 aliphatic rings. The second-order valence-electron chi connectivity index (χ2n) is 5.63. The summed E-state index contributed by atoms with van der Waals surface area (Å²) in [6.45, 7) is 3.34. The van der Waals surface area contributed by atoms with E-state index in [1.807, 2.05) is 11.8 Å². The van der Waals surface area contributed by atoms with E-state index in [1.165, 1.54) is 0 Å². The molecule has 6 heteroatoms. The maximum Gasteiger partial charge on any atom is 0.303 e. The minimum Gasteiger partial charge on any atom is -0.481 e. The van der Waals surface area contributed by atoms with Gasteiger partial charge in [0.1, 0.15) is 0 Å². The van der Waals surface area contributed by atoms with Crippen molar-refractivity contribution in [2.24, 2.45) is 18.9 Å². The number of hydrogen-bond donors (Lipinski definition) is 1.